The van der Waals surface area contributed by atoms with E-state index in [2.05, 4.69) is 18.2 Å². The fraction of sp³-hybridized carbons (Fsp3) is 0.625. The average Bonchev–Trinajstić information content (AvgIpc) is 2.49. The number of rotatable bonds is 3. The zero-order chi connectivity index (χ0) is 12.6. The molecule has 0 saturated heterocycles. The SMILES string of the molecule is COc1cccc(C23CCC(CN)(CC2)CC3)c1. The quantitative estimate of drug-likeness (QED) is 0.887. The van der Waals surface area contributed by atoms with E-state index in [1.807, 2.05) is 6.07 Å². The van der Waals surface area contributed by atoms with E-state index in [0.29, 0.717) is 10.8 Å². The van der Waals surface area contributed by atoms with Crippen LogP contribution in [0.3, 0.4) is 0 Å². The van der Waals surface area contributed by atoms with Gasteiger partial charge in [0.15, 0.2) is 0 Å². The third-order valence-corrected chi connectivity index (χ3v) is 5.52. The minimum atomic E-state index is 0.408. The van der Waals surface area contributed by atoms with E-state index in [1.165, 1.54) is 44.1 Å². The smallest absolute Gasteiger partial charge is 0.119 e. The number of fused-ring (bicyclic) bond motifs is 3. The number of ether oxygens (including phenoxy) is 1. The molecule has 2 heteroatoms. The van der Waals surface area contributed by atoms with Crippen molar-refractivity contribution in [1.82, 2.24) is 0 Å². The number of benzene rings is 1. The highest BCUT2D eigenvalue weighted by molar-refractivity contribution is 5.35. The third kappa shape index (κ3) is 1.74. The summed E-state index contributed by atoms with van der Waals surface area (Å²) in [6.07, 6.45) is 7.83. The lowest BCUT2D eigenvalue weighted by Gasteiger charge is -2.53. The largest absolute Gasteiger partial charge is 0.497 e. The molecule has 0 atom stereocenters. The fourth-order valence-electron chi connectivity index (χ4n) is 3.96. The molecule has 1 aromatic rings. The molecule has 3 fully saturated rings. The lowest BCUT2D eigenvalue weighted by Crippen LogP contribution is -2.47. The van der Waals surface area contributed by atoms with Crippen LogP contribution in [0.1, 0.15) is 44.1 Å². The van der Waals surface area contributed by atoms with Crippen molar-refractivity contribution in [1.29, 1.82) is 0 Å². The number of methoxy groups -OCH3 is 1. The lowest BCUT2D eigenvalue weighted by atomic mass is 9.52. The lowest BCUT2D eigenvalue weighted by molar-refractivity contribution is 0.0471. The van der Waals surface area contributed by atoms with Gasteiger partial charge in [-0.05, 0) is 73.6 Å². The Hall–Kier alpha value is -1.02. The van der Waals surface area contributed by atoms with Crippen LogP contribution in [0.4, 0.5) is 0 Å². The first-order valence-corrected chi connectivity index (χ1v) is 7.07. The van der Waals surface area contributed by atoms with Crippen molar-refractivity contribution >= 4 is 0 Å². The second-order valence-corrected chi connectivity index (χ2v) is 6.22. The summed E-state index contributed by atoms with van der Waals surface area (Å²) in [5.74, 6) is 0.989. The topological polar surface area (TPSA) is 35.2 Å². The summed E-state index contributed by atoms with van der Waals surface area (Å²) in [5, 5.41) is 0. The molecule has 1 aromatic carbocycles. The second kappa shape index (κ2) is 4.27. The van der Waals surface area contributed by atoms with Gasteiger partial charge in [0.2, 0.25) is 0 Å². The Labute approximate surface area is 110 Å². The monoisotopic (exact) mass is 245 g/mol. The summed E-state index contributed by atoms with van der Waals surface area (Å²) < 4.78 is 5.37. The van der Waals surface area contributed by atoms with Crippen molar-refractivity contribution in [3.05, 3.63) is 29.8 Å². The number of hydrogen-bond acceptors (Lipinski definition) is 2. The molecule has 2 nitrogen and oxygen atoms in total. The van der Waals surface area contributed by atoms with Gasteiger partial charge >= 0.3 is 0 Å². The van der Waals surface area contributed by atoms with E-state index in [9.17, 15) is 0 Å². The predicted octanol–water partition coefficient (Wildman–Crippen LogP) is 3.25. The Balaban J connectivity index is 1.89. The van der Waals surface area contributed by atoms with Crippen molar-refractivity contribution in [2.24, 2.45) is 11.1 Å². The molecule has 2 N–H and O–H groups in total. The Kier molecular flexibility index (Phi) is 2.86. The van der Waals surface area contributed by atoms with Gasteiger partial charge in [-0.25, -0.2) is 0 Å². The predicted molar refractivity (Wildman–Crippen MR) is 73.9 cm³/mol. The van der Waals surface area contributed by atoms with E-state index in [0.717, 1.165) is 12.3 Å². The second-order valence-electron chi connectivity index (χ2n) is 6.22. The molecule has 0 aliphatic heterocycles. The highest BCUT2D eigenvalue weighted by Crippen LogP contribution is 2.57. The zero-order valence-electron chi connectivity index (χ0n) is 11.2. The van der Waals surface area contributed by atoms with Crippen molar-refractivity contribution in [2.75, 3.05) is 13.7 Å². The normalized spacial score (nSPS) is 34.6. The van der Waals surface area contributed by atoms with E-state index < -0.39 is 0 Å². The Morgan fingerprint density at radius 1 is 1.11 bits per heavy atom. The fourth-order valence-corrected chi connectivity index (χ4v) is 3.96. The zero-order valence-corrected chi connectivity index (χ0v) is 11.2. The van der Waals surface area contributed by atoms with Crippen molar-refractivity contribution < 1.29 is 4.74 Å². The van der Waals surface area contributed by atoms with Crippen LogP contribution >= 0.6 is 0 Å². The van der Waals surface area contributed by atoms with Crippen molar-refractivity contribution in [2.45, 2.75) is 43.9 Å². The molecule has 0 spiro atoms. The first-order chi connectivity index (χ1) is 8.72. The van der Waals surface area contributed by atoms with Gasteiger partial charge in [0.25, 0.3) is 0 Å². The Morgan fingerprint density at radius 3 is 2.33 bits per heavy atom. The maximum Gasteiger partial charge on any atom is 0.119 e. The van der Waals surface area contributed by atoms with Crippen LogP contribution in [0.5, 0.6) is 5.75 Å². The van der Waals surface area contributed by atoms with Gasteiger partial charge in [-0.2, -0.15) is 0 Å². The van der Waals surface area contributed by atoms with Gasteiger partial charge in [-0.3, -0.25) is 0 Å². The summed E-state index contributed by atoms with van der Waals surface area (Å²) in [4.78, 5) is 0. The summed E-state index contributed by atoms with van der Waals surface area (Å²) in [6, 6.07) is 8.68. The van der Waals surface area contributed by atoms with E-state index in [4.69, 9.17) is 10.5 Å². The molecule has 0 amide bonds. The summed E-state index contributed by atoms with van der Waals surface area (Å²) in [6.45, 7) is 0.876. The van der Waals surface area contributed by atoms with Gasteiger partial charge in [0.05, 0.1) is 7.11 Å². The molecule has 3 aliphatic rings. The molecule has 0 unspecified atom stereocenters. The van der Waals surface area contributed by atoms with E-state index >= 15 is 0 Å². The molecule has 0 heterocycles. The molecule has 4 rings (SSSR count). The molecule has 2 bridgehead atoms. The average molecular weight is 245 g/mol. The van der Waals surface area contributed by atoms with Gasteiger partial charge < -0.3 is 10.5 Å². The molecule has 3 aliphatic carbocycles. The van der Waals surface area contributed by atoms with E-state index in [-0.39, 0.29) is 0 Å². The number of nitrogens with two attached hydrogens (primary N) is 1. The molecule has 3 saturated carbocycles. The minimum Gasteiger partial charge on any atom is -0.497 e. The molecule has 0 radical (unpaired) electrons. The van der Waals surface area contributed by atoms with Crippen molar-refractivity contribution in [3.63, 3.8) is 0 Å². The standard InChI is InChI=1S/C16H23NO/c1-18-14-4-2-3-13(11-14)16-8-5-15(12-17,6-9-16)7-10-16/h2-4,11H,5-10,12,17H2,1H3. The molecule has 98 valence electrons. The number of hydrogen-bond donors (Lipinski definition) is 1. The van der Waals surface area contributed by atoms with Crippen LogP contribution in [0.15, 0.2) is 24.3 Å². The summed E-state index contributed by atoms with van der Waals surface area (Å²) in [5.41, 5.74) is 8.34. The van der Waals surface area contributed by atoms with Gasteiger partial charge in [-0.15, -0.1) is 0 Å². The van der Waals surface area contributed by atoms with Gasteiger partial charge in [0.1, 0.15) is 5.75 Å². The minimum absolute atomic E-state index is 0.408. The highest BCUT2D eigenvalue weighted by atomic mass is 16.5. The van der Waals surface area contributed by atoms with Crippen LogP contribution in [-0.2, 0) is 5.41 Å². The maximum absolute atomic E-state index is 5.98. The van der Waals surface area contributed by atoms with E-state index in [1.54, 1.807) is 7.11 Å². The third-order valence-electron chi connectivity index (χ3n) is 5.52. The van der Waals surface area contributed by atoms with Crippen molar-refractivity contribution in [3.8, 4) is 5.75 Å². The Morgan fingerprint density at radius 2 is 1.78 bits per heavy atom. The van der Waals surface area contributed by atoms with Crippen LogP contribution < -0.4 is 10.5 Å². The van der Waals surface area contributed by atoms with Crippen LogP contribution in [0.25, 0.3) is 0 Å². The molecular weight excluding hydrogens is 222 g/mol. The maximum atomic E-state index is 5.98. The first-order valence-electron chi connectivity index (χ1n) is 7.07. The summed E-state index contributed by atoms with van der Waals surface area (Å²) >= 11 is 0. The Bertz CT molecular complexity index is 416. The van der Waals surface area contributed by atoms with Crippen LogP contribution in [-0.4, -0.2) is 13.7 Å². The van der Waals surface area contributed by atoms with Gasteiger partial charge in [0, 0.05) is 0 Å². The molecule has 18 heavy (non-hydrogen) atoms. The molecule has 0 aromatic heterocycles. The molecular formula is C16H23NO. The first kappa shape index (κ1) is 12.0. The summed E-state index contributed by atoms with van der Waals surface area (Å²) in [7, 11) is 1.75. The highest BCUT2D eigenvalue weighted by Gasteiger charge is 2.48. The van der Waals surface area contributed by atoms with Crippen LogP contribution in [0, 0.1) is 5.41 Å². The van der Waals surface area contributed by atoms with Gasteiger partial charge in [-0.1, -0.05) is 12.1 Å². The van der Waals surface area contributed by atoms with Crippen LogP contribution in [0.2, 0.25) is 0 Å².